The van der Waals surface area contributed by atoms with E-state index in [4.69, 9.17) is 9.47 Å². The van der Waals surface area contributed by atoms with E-state index in [0.717, 1.165) is 60.5 Å². The van der Waals surface area contributed by atoms with Gasteiger partial charge in [-0.25, -0.2) is 0 Å². The Morgan fingerprint density at radius 3 is 2.68 bits per heavy atom. The first-order valence-electron chi connectivity index (χ1n) is 14.1. The molecule has 1 unspecified atom stereocenters. The third-order valence-electron chi connectivity index (χ3n) is 9.71. The van der Waals surface area contributed by atoms with Gasteiger partial charge in [0.2, 0.25) is 0 Å². The van der Waals surface area contributed by atoms with Crippen molar-refractivity contribution in [3.05, 3.63) is 71.3 Å². The molecule has 2 bridgehead atoms. The van der Waals surface area contributed by atoms with Gasteiger partial charge in [0, 0.05) is 42.9 Å². The van der Waals surface area contributed by atoms with Gasteiger partial charge in [-0.05, 0) is 37.0 Å². The highest BCUT2D eigenvalue weighted by Gasteiger charge is 2.67. The molecule has 1 N–H and O–H groups in total. The number of nitrogens with one attached hydrogen (secondary N) is 1. The second-order valence-corrected chi connectivity index (χ2v) is 12.0. The molecule has 2 aromatic carbocycles. The van der Waals surface area contributed by atoms with Crippen molar-refractivity contribution in [3.8, 4) is 11.5 Å². The van der Waals surface area contributed by atoms with Gasteiger partial charge in [-0.15, -0.1) is 0 Å². The summed E-state index contributed by atoms with van der Waals surface area (Å²) in [5.74, 6) is -0.844. The summed E-state index contributed by atoms with van der Waals surface area (Å²) in [4.78, 5) is 25.5. The van der Waals surface area contributed by atoms with E-state index in [0.29, 0.717) is 18.1 Å². The highest BCUT2D eigenvalue weighted by Crippen LogP contribution is 2.65. The van der Waals surface area contributed by atoms with E-state index in [2.05, 4.69) is 18.9 Å². The Morgan fingerprint density at radius 1 is 1.24 bits per heavy atom. The first kappa shape index (κ1) is 27.6. The fourth-order valence-corrected chi connectivity index (χ4v) is 8.09. The van der Waals surface area contributed by atoms with Crippen LogP contribution in [0.3, 0.4) is 0 Å². The van der Waals surface area contributed by atoms with E-state index < -0.39 is 23.6 Å². The van der Waals surface area contributed by atoms with Crippen LogP contribution in [0, 0.1) is 5.92 Å². The van der Waals surface area contributed by atoms with Gasteiger partial charge >= 0.3 is 12.1 Å². The van der Waals surface area contributed by atoms with E-state index in [1.54, 1.807) is 18.2 Å². The number of likely N-dealkylation sites (N-methyl/N-ethyl adjacent to an activating group) is 1. The zero-order chi connectivity index (χ0) is 29.2. The quantitative estimate of drug-likeness (QED) is 0.154. The zero-order valence-electron chi connectivity index (χ0n) is 23.2. The second kappa shape index (κ2) is 9.76. The molecule has 6 rings (SSSR count). The largest absolute Gasteiger partial charge is 0.487 e. The summed E-state index contributed by atoms with van der Waals surface area (Å²) < 4.78 is 55.5. The zero-order valence-corrected chi connectivity index (χ0v) is 23.2. The van der Waals surface area contributed by atoms with Crippen LogP contribution < -0.4 is 14.8 Å². The molecule has 2 heterocycles. The number of piperidine rings is 1. The van der Waals surface area contributed by atoms with Crippen molar-refractivity contribution in [1.29, 1.82) is 0 Å². The Bertz CT molecular complexity index is 1450. The normalized spacial score (nSPS) is 29.7. The third-order valence-corrected chi connectivity index (χ3v) is 9.71. The van der Waals surface area contributed by atoms with Crippen LogP contribution in [0.5, 0.6) is 11.5 Å². The standard InChI is InChI=1S/C32H33F3N2O4/c1-4-14-37(3)15-13-31-22-11-8-12-27(31)41-29-24(18-26(40-19(2)38)21(28(29)31)17-25(22)37)36-30(39)23(32(33,34)35)16-20-9-6-5-7-10-20/h4-7,9-10,16,18,22,25,27H,1,8,11-15,17H2,2-3H3/p+1/t22-,25+,27-,31+,37?/m0/s1. The van der Waals surface area contributed by atoms with E-state index in [1.807, 2.05) is 6.08 Å². The van der Waals surface area contributed by atoms with Gasteiger partial charge in [0.1, 0.15) is 23.2 Å². The summed E-state index contributed by atoms with van der Waals surface area (Å²) in [7, 11) is 2.25. The minimum absolute atomic E-state index is 0.100. The molecule has 1 spiro atoms. The Balaban J connectivity index is 1.49. The maximum absolute atomic E-state index is 14.1. The number of hydrogen-bond acceptors (Lipinski definition) is 4. The third kappa shape index (κ3) is 4.36. The summed E-state index contributed by atoms with van der Waals surface area (Å²) in [6, 6.07) is 9.62. The monoisotopic (exact) mass is 567 g/mol. The number of esters is 1. The molecule has 5 atom stereocenters. The number of carbonyl (C=O) groups excluding carboxylic acids is 2. The molecule has 1 amide bonds. The fraction of sp³-hybridized carbons (Fsp3) is 0.438. The number of anilines is 1. The number of rotatable bonds is 6. The van der Waals surface area contributed by atoms with Crippen molar-refractivity contribution >= 4 is 23.6 Å². The molecule has 2 aliphatic heterocycles. The average Bonchev–Trinajstić information content (AvgIpc) is 3.25. The number of amides is 1. The number of nitrogens with zero attached hydrogens (tertiary/aromatic N) is 1. The molecule has 0 aromatic heterocycles. The summed E-state index contributed by atoms with van der Waals surface area (Å²) in [6.07, 6.45) is 2.05. The summed E-state index contributed by atoms with van der Waals surface area (Å²) >= 11 is 0. The number of hydrogen-bond donors (Lipinski definition) is 1. The lowest BCUT2D eigenvalue weighted by molar-refractivity contribution is -0.940. The van der Waals surface area contributed by atoms with Crippen molar-refractivity contribution in [2.75, 3.05) is 25.5 Å². The molecule has 2 fully saturated rings. The van der Waals surface area contributed by atoms with Crippen LogP contribution in [0.1, 0.15) is 49.3 Å². The molecular formula is C32H34F3N2O4+. The van der Waals surface area contributed by atoms with Gasteiger partial charge in [0.25, 0.3) is 5.91 Å². The van der Waals surface area contributed by atoms with E-state index in [1.165, 1.54) is 25.1 Å². The predicted octanol–water partition coefficient (Wildman–Crippen LogP) is 5.96. The van der Waals surface area contributed by atoms with Crippen molar-refractivity contribution in [1.82, 2.24) is 0 Å². The number of carbonyl (C=O) groups is 2. The van der Waals surface area contributed by atoms with Gasteiger partial charge < -0.3 is 19.3 Å². The molecular weight excluding hydrogens is 533 g/mol. The molecule has 41 heavy (non-hydrogen) atoms. The smallest absolute Gasteiger partial charge is 0.421 e. The number of likely N-dealkylation sites (tertiary alicyclic amines) is 1. The Morgan fingerprint density at radius 2 is 2.00 bits per heavy atom. The molecule has 1 saturated heterocycles. The number of benzene rings is 2. The second-order valence-electron chi connectivity index (χ2n) is 12.0. The molecule has 1 saturated carbocycles. The summed E-state index contributed by atoms with van der Waals surface area (Å²) in [6.45, 7) is 7.02. The number of alkyl halides is 3. The molecule has 6 nitrogen and oxygen atoms in total. The van der Waals surface area contributed by atoms with Gasteiger partial charge in [-0.3, -0.25) is 9.59 Å². The van der Waals surface area contributed by atoms with Crippen LogP contribution in [0.4, 0.5) is 18.9 Å². The number of halogens is 3. The van der Waals surface area contributed by atoms with Crippen molar-refractivity contribution < 1.29 is 36.7 Å². The van der Waals surface area contributed by atoms with Crippen molar-refractivity contribution in [2.45, 2.75) is 62.8 Å². The molecule has 2 aliphatic carbocycles. The van der Waals surface area contributed by atoms with Crippen LogP contribution >= 0.6 is 0 Å². The molecule has 2 aromatic rings. The maximum atomic E-state index is 14.1. The fourth-order valence-electron chi connectivity index (χ4n) is 8.09. The van der Waals surface area contributed by atoms with E-state index in [-0.39, 0.29) is 34.6 Å². The first-order chi connectivity index (χ1) is 19.5. The van der Waals surface area contributed by atoms with E-state index >= 15 is 0 Å². The average molecular weight is 568 g/mol. The summed E-state index contributed by atoms with van der Waals surface area (Å²) in [5.41, 5.74) is 0.453. The van der Waals surface area contributed by atoms with Gasteiger partial charge in [0.15, 0.2) is 0 Å². The lowest BCUT2D eigenvalue weighted by atomic mass is 9.51. The SMILES string of the molecule is C=CC[N+]1(C)CC[C@]23c4c5c(OC(C)=O)cc(NC(=O)C(=Cc6ccccc6)C(F)(F)F)c4O[C@H]2CCC[C@H]3[C@H]1C5. The van der Waals surface area contributed by atoms with E-state index in [9.17, 15) is 22.8 Å². The Hall–Kier alpha value is -3.59. The van der Waals surface area contributed by atoms with Crippen LogP contribution in [0.25, 0.3) is 6.08 Å². The maximum Gasteiger partial charge on any atom is 0.421 e. The minimum Gasteiger partial charge on any atom is -0.487 e. The molecule has 4 aliphatic rings. The number of quaternary nitrogens is 1. The van der Waals surface area contributed by atoms with Crippen LogP contribution in [-0.2, 0) is 21.4 Å². The molecule has 216 valence electrons. The summed E-state index contributed by atoms with van der Waals surface area (Å²) in [5, 5.41) is 2.51. The predicted molar refractivity (Wildman–Crippen MR) is 149 cm³/mol. The number of ether oxygens (including phenoxy) is 2. The van der Waals surface area contributed by atoms with Gasteiger partial charge in [-0.1, -0.05) is 36.9 Å². The lowest BCUT2D eigenvalue weighted by Gasteiger charge is -2.60. The molecule has 0 radical (unpaired) electrons. The van der Waals surface area contributed by atoms with Gasteiger partial charge in [0.05, 0.1) is 37.3 Å². The van der Waals surface area contributed by atoms with Crippen LogP contribution in [-0.4, -0.2) is 54.8 Å². The topological polar surface area (TPSA) is 64.6 Å². The van der Waals surface area contributed by atoms with Crippen LogP contribution in [0.2, 0.25) is 0 Å². The lowest BCUT2D eigenvalue weighted by Crippen LogP contribution is -2.70. The van der Waals surface area contributed by atoms with Crippen molar-refractivity contribution in [2.24, 2.45) is 5.92 Å². The van der Waals surface area contributed by atoms with Crippen LogP contribution in [0.15, 0.2) is 54.6 Å². The van der Waals surface area contributed by atoms with Gasteiger partial charge in [-0.2, -0.15) is 13.2 Å². The van der Waals surface area contributed by atoms with Crippen molar-refractivity contribution in [3.63, 3.8) is 0 Å². The Labute approximate surface area is 237 Å². The molecule has 9 heteroatoms. The highest BCUT2D eigenvalue weighted by atomic mass is 19.4. The minimum atomic E-state index is -4.89. The highest BCUT2D eigenvalue weighted by molar-refractivity contribution is 6.08. The first-order valence-corrected chi connectivity index (χ1v) is 14.1. The Kier molecular flexibility index (Phi) is 6.56.